The zero-order valence-electron chi connectivity index (χ0n) is 16.5. The SMILES string of the molecule is O=C1CCC(N2C(=O)c3cccc(CNC4C5CC6CNC4C6C5)c3C2=O)C(=O)N1. The number of hydrogen-bond donors (Lipinski definition) is 3. The number of nitrogens with one attached hydrogen (secondary N) is 3. The summed E-state index contributed by atoms with van der Waals surface area (Å²) >= 11 is 0. The van der Waals surface area contributed by atoms with E-state index in [-0.39, 0.29) is 18.7 Å². The van der Waals surface area contributed by atoms with Gasteiger partial charge in [0.1, 0.15) is 6.04 Å². The van der Waals surface area contributed by atoms with Crippen molar-refractivity contribution >= 4 is 23.6 Å². The number of imide groups is 2. The van der Waals surface area contributed by atoms with Crippen molar-refractivity contribution < 1.29 is 19.2 Å². The van der Waals surface area contributed by atoms with Crippen molar-refractivity contribution in [3.05, 3.63) is 34.9 Å². The molecule has 6 rings (SSSR count). The van der Waals surface area contributed by atoms with Crippen LogP contribution in [0.25, 0.3) is 0 Å². The van der Waals surface area contributed by atoms with Gasteiger partial charge in [-0.25, -0.2) is 0 Å². The fraction of sp³-hybridized carbons (Fsp3) is 0.545. The first kappa shape index (κ1) is 18.2. The van der Waals surface area contributed by atoms with Crippen molar-refractivity contribution in [2.24, 2.45) is 17.8 Å². The standard InChI is InChI=1S/C22H24N4O4/c27-16-5-4-15(20(28)25-16)26-21(29)13-3-1-2-10(17(13)22(26)30)8-23-18-11-6-12-9-24-19(18)14(12)7-11/h1-3,11-12,14-15,18-19,23-24H,4-9H2,(H,25,27,28). The number of carbonyl (C=O) groups is 4. The second kappa shape index (κ2) is 6.46. The molecular formula is C22H24N4O4. The molecule has 0 aromatic heterocycles. The van der Waals surface area contributed by atoms with Crippen LogP contribution < -0.4 is 16.0 Å². The average Bonchev–Trinajstić information content (AvgIpc) is 3.41. The van der Waals surface area contributed by atoms with Crippen LogP contribution in [-0.2, 0) is 16.1 Å². The van der Waals surface area contributed by atoms with Gasteiger partial charge in [0.05, 0.1) is 11.1 Å². The quantitative estimate of drug-likeness (QED) is 0.614. The van der Waals surface area contributed by atoms with E-state index in [2.05, 4.69) is 16.0 Å². The third kappa shape index (κ3) is 2.46. The van der Waals surface area contributed by atoms with Gasteiger partial charge in [0.15, 0.2) is 0 Å². The molecule has 3 aliphatic heterocycles. The molecule has 2 bridgehead atoms. The molecule has 156 valence electrons. The van der Waals surface area contributed by atoms with Gasteiger partial charge in [0.2, 0.25) is 11.8 Å². The minimum absolute atomic E-state index is 0.123. The molecule has 1 aromatic carbocycles. The molecule has 0 radical (unpaired) electrons. The van der Waals surface area contributed by atoms with Gasteiger partial charge in [0.25, 0.3) is 11.8 Å². The first-order valence-corrected chi connectivity index (χ1v) is 10.8. The van der Waals surface area contributed by atoms with E-state index in [0.717, 1.165) is 28.8 Å². The maximum atomic E-state index is 13.2. The molecule has 3 heterocycles. The molecule has 2 aliphatic carbocycles. The summed E-state index contributed by atoms with van der Waals surface area (Å²) in [5, 5.41) is 9.56. The third-order valence-electron chi connectivity index (χ3n) is 7.84. The highest BCUT2D eigenvalue weighted by Crippen LogP contribution is 2.51. The van der Waals surface area contributed by atoms with Crippen LogP contribution in [0, 0.1) is 17.8 Å². The molecule has 4 fully saturated rings. The Kier molecular flexibility index (Phi) is 3.92. The summed E-state index contributed by atoms with van der Waals surface area (Å²) in [6.45, 7) is 1.63. The molecule has 30 heavy (non-hydrogen) atoms. The summed E-state index contributed by atoms with van der Waals surface area (Å²) in [7, 11) is 0. The number of hydrogen-bond acceptors (Lipinski definition) is 6. The van der Waals surface area contributed by atoms with Gasteiger partial charge in [-0.15, -0.1) is 0 Å². The van der Waals surface area contributed by atoms with E-state index in [1.807, 2.05) is 6.07 Å². The number of fused-ring (bicyclic) bond motifs is 2. The zero-order valence-corrected chi connectivity index (χ0v) is 16.5. The van der Waals surface area contributed by atoms with Crippen molar-refractivity contribution in [2.75, 3.05) is 6.54 Å². The molecule has 4 amide bonds. The van der Waals surface area contributed by atoms with E-state index in [1.165, 1.54) is 12.8 Å². The number of carbonyl (C=O) groups excluding carboxylic acids is 4. The van der Waals surface area contributed by atoms with Gasteiger partial charge in [-0.1, -0.05) is 12.1 Å². The van der Waals surface area contributed by atoms with Crippen LogP contribution >= 0.6 is 0 Å². The molecular weight excluding hydrogens is 384 g/mol. The Morgan fingerprint density at radius 2 is 1.93 bits per heavy atom. The zero-order chi connectivity index (χ0) is 20.6. The Morgan fingerprint density at radius 1 is 1.07 bits per heavy atom. The van der Waals surface area contributed by atoms with Crippen molar-refractivity contribution in [2.45, 2.75) is 50.4 Å². The Bertz CT molecular complexity index is 989. The van der Waals surface area contributed by atoms with Crippen molar-refractivity contribution in [1.82, 2.24) is 20.9 Å². The normalized spacial score (nSPS) is 36.6. The number of piperidine rings is 1. The molecule has 0 spiro atoms. The molecule has 5 aliphatic rings. The minimum Gasteiger partial charge on any atom is -0.312 e. The summed E-state index contributed by atoms with van der Waals surface area (Å²) in [4.78, 5) is 50.9. The number of nitrogens with zero attached hydrogens (tertiary/aromatic N) is 1. The number of rotatable bonds is 4. The summed E-state index contributed by atoms with van der Waals surface area (Å²) in [5.41, 5.74) is 1.52. The van der Waals surface area contributed by atoms with E-state index in [0.29, 0.717) is 35.7 Å². The van der Waals surface area contributed by atoms with Gasteiger partial charge in [0, 0.05) is 25.0 Å². The van der Waals surface area contributed by atoms with E-state index in [9.17, 15) is 19.2 Å². The minimum atomic E-state index is -0.930. The van der Waals surface area contributed by atoms with Crippen LogP contribution in [-0.4, -0.2) is 53.2 Å². The van der Waals surface area contributed by atoms with Crippen LogP contribution in [0.4, 0.5) is 0 Å². The van der Waals surface area contributed by atoms with Crippen LogP contribution in [0.2, 0.25) is 0 Å². The number of amides is 4. The maximum Gasteiger partial charge on any atom is 0.262 e. The smallest absolute Gasteiger partial charge is 0.262 e. The first-order valence-electron chi connectivity index (χ1n) is 10.8. The lowest BCUT2D eigenvalue weighted by Gasteiger charge is -2.29. The van der Waals surface area contributed by atoms with Gasteiger partial charge >= 0.3 is 0 Å². The Balaban J connectivity index is 1.24. The Labute approximate surface area is 173 Å². The monoisotopic (exact) mass is 408 g/mol. The highest BCUT2D eigenvalue weighted by molar-refractivity contribution is 6.24. The molecule has 8 heteroatoms. The third-order valence-corrected chi connectivity index (χ3v) is 7.84. The van der Waals surface area contributed by atoms with Crippen LogP contribution in [0.5, 0.6) is 0 Å². The van der Waals surface area contributed by atoms with Crippen molar-refractivity contribution in [1.29, 1.82) is 0 Å². The summed E-state index contributed by atoms with van der Waals surface area (Å²) in [6.07, 6.45) is 2.83. The lowest BCUT2D eigenvalue weighted by molar-refractivity contribution is -0.136. The second-order valence-corrected chi connectivity index (χ2v) is 9.28. The van der Waals surface area contributed by atoms with E-state index >= 15 is 0 Å². The van der Waals surface area contributed by atoms with E-state index in [1.54, 1.807) is 12.1 Å². The topological polar surface area (TPSA) is 108 Å². The molecule has 6 atom stereocenters. The van der Waals surface area contributed by atoms with Crippen molar-refractivity contribution in [3.8, 4) is 0 Å². The lowest BCUT2D eigenvalue weighted by atomic mass is 9.86. The van der Waals surface area contributed by atoms with Crippen LogP contribution in [0.1, 0.15) is 52.0 Å². The fourth-order valence-corrected chi connectivity index (χ4v) is 6.55. The predicted octanol–water partition coefficient (Wildman–Crippen LogP) is 0.174. The number of benzene rings is 1. The van der Waals surface area contributed by atoms with Gasteiger partial charge < -0.3 is 10.6 Å². The lowest BCUT2D eigenvalue weighted by Crippen LogP contribution is -2.54. The van der Waals surface area contributed by atoms with E-state index < -0.39 is 23.8 Å². The summed E-state index contributed by atoms with van der Waals surface area (Å²) < 4.78 is 0. The van der Waals surface area contributed by atoms with Gasteiger partial charge in [-0.2, -0.15) is 0 Å². The second-order valence-electron chi connectivity index (χ2n) is 9.28. The maximum absolute atomic E-state index is 13.2. The molecule has 8 nitrogen and oxygen atoms in total. The molecule has 1 aromatic rings. The molecule has 6 unspecified atom stereocenters. The molecule has 3 N–H and O–H groups in total. The average molecular weight is 408 g/mol. The Morgan fingerprint density at radius 3 is 2.77 bits per heavy atom. The largest absolute Gasteiger partial charge is 0.312 e. The first-order chi connectivity index (χ1) is 14.5. The van der Waals surface area contributed by atoms with Gasteiger partial charge in [-0.3, -0.25) is 29.4 Å². The fourth-order valence-electron chi connectivity index (χ4n) is 6.55. The Hall–Kier alpha value is -2.58. The molecule has 2 saturated carbocycles. The summed E-state index contributed by atoms with van der Waals surface area (Å²) in [6, 6.07) is 5.28. The highest BCUT2D eigenvalue weighted by atomic mass is 16.2. The van der Waals surface area contributed by atoms with Crippen LogP contribution in [0.3, 0.4) is 0 Å². The predicted molar refractivity (Wildman–Crippen MR) is 105 cm³/mol. The van der Waals surface area contributed by atoms with Crippen molar-refractivity contribution in [3.63, 3.8) is 0 Å². The molecule has 2 saturated heterocycles. The van der Waals surface area contributed by atoms with E-state index in [4.69, 9.17) is 0 Å². The van der Waals surface area contributed by atoms with Crippen LogP contribution in [0.15, 0.2) is 18.2 Å². The highest BCUT2D eigenvalue weighted by Gasteiger charge is 2.55. The van der Waals surface area contributed by atoms with Gasteiger partial charge in [-0.05, 0) is 55.2 Å². The summed E-state index contributed by atoms with van der Waals surface area (Å²) in [5.74, 6) is 0.422.